The van der Waals surface area contributed by atoms with Gasteiger partial charge in [0.2, 0.25) is 0 Å². The van der Waals surface area contributed by atoms with Crippen molar-refractivity contribution in [1.29, 1.82) is 0 Å². The number of allylic oxidation sites excluding steroid dienone is 2. The molecule has 7 rings (SSSR count). The Morgan fingerprint density at radius 1 is 0.533 bits per heavy atom. The molecule has 0 heterocycles. The summed E-state index contributed by atoms with van der Waals surface area (Å²) < 4.78 is 0. The quantitative estimate of drug-likeness (QED) is 0.133. The van der Waals surface area contributed by atoms with Crippen molar-refractivity contribution in [1.82, 2.24) is 0 Å². The molecule has 0 saturated heterocycles. The van der Waals surface area contributed by atoms with E-state index in [1.807, 2.05) is 0 Å². The number of hydrogen-bond acceptors (Lipinski definition) is 1. The van der Waals surface area contributed by atoms with Crippen molar-refractivity contribution in [2.75, 3.05) is 0 Å². The number of hydrogen-bond donors (Lipinski definition) is 0. The van der Waals surface area contributed by atoms with Crippen molar-refractivity contribution in [3.63, 3.8) is 0 Å². The van der Waals surface area contributed by atoms with Gasteiger partial charge in [-0.05, 0) is 98.6 Å². The Kier molecular flexibility index (Phi) is 8.11. The van der Waals surface area contributed by atoms with Gasteiger partial charge in [0, 0.05) is 5.57 Å². The molecule has 0 N–H and O–H groups in total. The molecule has 1 aliphatic rings. The number of nitrogens with zero attached hydrogens (tertiary/aromatic N) is 2. The number of aliphatic imine (C=N–C) groups is 2. The van der Waals surface area contributed by atoms with Crippen LogP contribution in [0.25, 0.3) is 55.3 Å². The normalized spacial score (nSPS) is 13.1. The minimum Gasteiger partial charge on any atom is -0.261 e. The Morgan fingerprint density at radius 2 is 1.13 bits per heavy atom. The van der Waals surface area contributed by atoms with Crippen molar-refractivity contribution >= 4 is 23.3 Å². The maximum atomic E-state index is 4.84. The topological polar surface area (TPSA) is 24.7 Å². The van der Waals surface area contributed by atoms with Crippen LogP contribution >= 0.6 is 0 Å². The minimum atomic E-state index is 0.545. The van der Waals surface area contributed by atoms with E-state index in [0.717, 1.165) is 24.0 Å². The highest BCUT2D eigenvalue weighted by molar-refractivity contribution is 6.03. The zero-order chi connectivity index (χ0) is 30.4. The van der Waals surface area contributed by atoms with E-state index in [9.17, 15) is 0 Å². The van der Waals surface area contributed by atoms with Crippen LogP contribution in [0.5, 0.6) is 0 Å². The zero-order valence-electron chi connectivity index (χ0n) is 25.2. The maximum Gasteiger partial charge on any atom is 0.153 e. The van der Waals surface area contributed by atoms with Crippen molar-refractivity contribution in [2.45, 2.75) is 19.4 Å². The van der Waals surface area contributed by atoms with Gasteiger partial charge in [0.1, 0.15) is 0 Å². The first-order chi connectivity index (χ1) is 22.3. The Balaban J connectivity index is 1.32. The van der Waals surface area contributed by atoms with Crippen molar-refractivity contribution < 1.29 is 0 Å². The molecule has 0 aliphatic heterocycles. The summed E-state index contributed by atoms with van der Waals surface area (Å²) in [6.07, 6.45) is 8.54. The predicted octanol–water partition coefficient (Wildman–Crippen LogP) is 11.4. The summed E-state index contributed by atoms with van der Waals surface area (Å²) in [6.45, 7) is 4.32. The van der Waals surface area contributed by atoms with Gasteiger partial charge in [0.05, 0.1) is 6.54 Å². The molecule has 2 heteroatoms. The van der Waals surface area contributed by atoms with Crippen LogP contribution in [0, 0.1) is 0 Å². The fourth-order valence-corrected chi connectivity index (χ4v) is 6.26. The Bertz CT molecular complexity index is 2100. The van der Waals surface area contributed by atoms with Gasteiger partial charge in [-0.25, -0.2) is 4.99 Å². The molecule has 0 spiro atoms. The SMILES string of the molecule is C=N/C(=N\Cc1cccc(-c2ccccc2-c2ccccc2-c2cc3ccccc3cc2-c2ccccc2)c1)C1=CCCC=C1. The largest absolute Gasteiger partial charge is 0.261 e. The summed E-state index contributed by atoms with van der Waals surface area (Å²) in [7, 11) is 0. The highest BCUT2D eigenvalue weighted by Crippen LogP contribution is 2.43. The van der Waals surface area contributed by atoms with E-state index in [-0.39, 0.29) is 0 Å². The maximum absolute atomic E-state index is 4.84. The van der Waals surface area contributed by atoms with Crippen LogP contribution < -0.4 is 0 Å². The van der Waals surface area contributed by atoms with Crippen LogP contribution in [0.3, 0.4) is 0 Å². The summed E-state index contributed by atoms with van der Waals surface area (Å²) in [6, 6.07) is 50.2. The first kappa shape index (κ1) is 28.2. The molecular formula is C43H34N2. The second-order valence-electron chi connectivity index (χ2n) is 11.3. The average molecular weight is 579 g/mol. The third-order valence-electron chi connectivity index (χ3n) is 8.46. The Hall–Kier alpha value is -5.60. The molecule has 2 nitrogen and oxygen atoms in total. The lowest BCUT2D eigenvalue weighted by molar-refractivity contribution is 1.02. The van der Waals surface area contributed by atoms with Gasteiger partial charge in [0.25, 0.3) is 0 Å². The zero-order valence-corrected chi connectivity index (χ0v) is 25.2. The van der Waals surface area contributed by atoms with E-state index in [1.165, 1.54) is 55.3 Å². The van der Waals surface area contributed by atoms with Crippen LogP contribution in [0.4, 0.5) is 0 Å². The smallest absolute Gasteiger partial charge is 0.153 e. The van der Waals surface area contributed by atoms with Crippen molar-refractivity contribution in [3.05, 3.63) is 169 Å². The van der Waals surface area contributed by atoms with Gasteiger partial charge >= 0.3 is 0 Å². The molecule has 0 radical (unpaired) electrons. The van der Waals surface area contributed by atoms with Crippen molar-refractivity contribution in [3.8, 4) is 44.5 Å². The van der Waals surface area contributed by atoms with Gasteiger partial charge in [-0.15, -0.1) is 0 Å². The number of fused-ring (bicyclic) bond motifs is 1. The van der Waals surface area contributed by atoms with Crippen LogP contribution in [0.15, 0.2) is 173 Å². The third kappa shape index (κ3) is 5.96. The first-order valence-electron chi connectivity index (χ1n) is 15.5. The van der Waals surface area contributed by atoms with Crippen LogP contribution in [-0.4, -0.2) is 12.6 Å². The molecule has 0 aromatic heterocycles. The van der Waals surface area contributed by atoms with Gasteiger partial charge < -0.3 is 0 Å². The molecule has 0 amide bonds. The van der Waals surface area contributed by atoms with Gasteiger partial charge in [-0.1, -0.05) is 140 Å². The fourth-order valence-electron chi connectivity index (χ4n) is 6.26. The van der Waals surface area contributed by atoms with E-state index in [2.05, 4.69) is 169 Å². The van der Waals surface area contributed by atoms with Gasteiger partial charge in [0.15, 0.2) is 5.84 Å². The summed E-state index contributed by atoms with van der Waals surface area (Å²) >= 11 is 0. The molecule has 0 bridgehead atoms. The summed E-state index contributed by atoms with van der Waals surface area (Å²) in [5.41, 5.74) is 11.8. The van der Waals surface area contributed by atoms with E-state index in [4.69, 9.17) is 4.99 Å². The third-order valence-corrected chi connectivity index (χ3v) is 8.46. The molecule has 1 aliphatic carbocycles. The molecule has 0 saturated carbocycles. The monoisotopic (exact) mass is 578 g/mol. The average Bonchev–Trinajstić information content (AvgIpc) is 3.12. The lowest BCUT2D eigenvalue weighted by atomic mass is 9.85. The summed E-state index contributed by atoms with van der Waals surface area (Å²) in [5.74, 6) is 0.704. The molecule has 0 unspecified atom stereocenters. The van der Waals surface area contributed by atoms with E-state index in [1.54, 1.807) is 0 Å². The van der Waals surface area contributed by atoms with Crippen LogP contribution in [-0.2, 0) is 6.54 Å². The number of benzene rings is 6. The highest BCUT2D eigenvalue weighted by atomic mass is 14.9. The van der Waals surface area contributed by atoms with Crippen LogP contribution in [0.1, 0.15) is 18.4 Å². The molecule has 6 aromatic rings. The molecular weight excluding hydrogens is 544 g/mol. The lowest BCUT2D eigenvalue weighted by Gasteiger charge is -2.18. The van der Waals surface area contributed by atoms with Gasteiger partial charge in [-0.2, -0.15) is 0 Å². The highest BCUT2D eigenvalue weighted by Gasteiger charge is 2.16. The van der Waals surface area contributed by atoms with Gasteiger partial charge in [-0.3, -0.25) is 4.99 Å². The molecule has 6 aromatic carbocycles. The number of rotatable bonds is 7. The molecule has 45 heavy (non-hydrogen) atoms. The van der Waals surface area contributed by atoms with E-state index < -0.39 is 0 Å². The van der Waals surface area contributed by atoms with Crippen LogP contribution in [0.2, 0.25) is 0 Å². The molecule has 0 fully saturated rings. The Morgan fingerprint density at radius 3 is 1.82 bits per heavy atom. The predicted molar refractivity (Wildman–Crippen MR) is 193 cm³/mol. The van der Waals surface area contributed by atoms with E-state index >= 15 is 0 Å². The first-order valence-corrected chi connectivity index (χ1v) is 15.5. The Labute approximate surface area is 265 Å². The molecule has 216 valence electrons. The lowest BCUT2D eigenvalue weighted by Crippen LogP contribution is -2.00. The molecule has 0 atom stereocenters. The minimum absolute atomic E-state index is 0.545. The van der Waals surface area contributed by atoms with Crippen molar-refractivity contribution in [2.24, 2.45) is 9.98 Å². The van der Waals surface area contributed by atoms with E-state index in [0.29, 0.717) is 12.4 Å². The fraction of sp³-hybridized carbons (Fsp3) is 0.0698. The second-order valence-corrected chi connectivity index (χ2v) is 11.3. The second kappa shape index (κ2) is 13.0. The summed E-state index contributed by atoms with van der Waals surface area (Å²) in [5, 5.41) is 2.47. The summed E-state index contributed by atoms with van der Waals surface area (Å²) in [4.78, 5) is 9.06. The number of amidine groups is 1. The standard InChI is InChI=1S/C43H34N2/c1-44-43(33-18-6-3-7-19-33)45-30-31-15-14-22-36(27-31)37-23-10-11-24-38(37)39-25-12-13-26-40(39)42-29-35-21-9-8-20-34(35)28-41(42)32-16-4-2-5-17-32/h2,4-6,8-29H,1,3,7,30H2/b45-43-.